The topological polar surface area (TPSA) is 64.3 Å². The monoisotopic (exact) mass is 222 g/mol. The number of nitrogens with one attached hydrogen (secondary N) is 1. The Morgan fingerprint density at radius 2 is 2.31 bits per heavy atom. The van der Waals surface area contributed by atoms with Crippen molar-refractivity contribution >= 4 is 5.91 Å². The Hall–Kier alpha value is -1.55. The fourth-order valence-corrected chi connectivity index (χ4v) is 1.45. The quantitative estimate of drug-likeness (QED) is 0.760. The maximum atomic E-state index is 10.6. The van der Waals surface area contributed by atoms with Gasteiger partial charge in [0.1, 0.15) is 5.75 Å². The van der Waals surface area contributed by atoms with Crippen molar-refractivity contribution in [3.63, 3.8) is 0 Å². The number of nitrogens with two attached hydrogens (primary N) is 1. The maximum Gasteiger partial charge on any atom is 0.255 e. The van der Waals surface area contributed by atoms with Crippen molar-refractivity contribution in [3.8, 4) is 5.75 Å². The lowest BCUT2D eigenvalue weighted by Gasteiger charge is -2.13. The standard InChI is InChI=1S/C12H18N2O2/c1-3-14-9(2)10-5-4-6-11(7-10)16-8-12(13)15/h4-7,9,14H,3,8H2,1-2H3,(H2,13,15). The van der Waals surface area contributed by atoms with Gasteiger partial charge in [0, 0.05) is 6.04 Å². The molecule has 0 saturated heterocycles. The number of hydrogen-bond acceptors (Lipinski definition) is 3. The fourth-order valence-electron chi connectivity index (χ4n) is 1.45. The molecular formula is C12H18N2O2. The molecule has 0 saturated carbocycles. The molecule has 3 N–H and O–H groups in total. The van der Waals surface area contributed by atoms with Crippen LogP contribution in [0.2, 0.25) is 0 Å². The van der Waals surface area contributed by atoms with E-state index in [-0.39, 0.29) is 12.6 Å². The molecular weight excluding hydrogens is 204 g/mol. The van der Waals surface area contributed by atoms with Crippen LogP contribution in [-0.4, -0.2) is 19.1 Å². The third kappa shape index (κ3) is 3.90. The number of carbonyl (C=O) groups is 1. The largest absolute Gasteiger partial charge is 0.484 e. The van der Waals surface area contributed by atoms with Gasteiger partial charge in [-0.25, -0.2) is 0 Å². The lowest BCUT2D eigenvalue weighted by molar-refractivity contribution is -0.119. The van der Waals surface area contributed by atoms with Crippen LogP contribution in [0, 0.1) is 0 Å². The Kier molecular flexibility index (Phi) is 4.79. The average Bonchev–Trinajstić information content (AvgIpc) is 2.27. The zero-order valence-corrected chi connectivity index (χ0v) is 9.69. The molecule has 0 aliphatic heterocycles. The van der Waals surface area contributed by atoms with Gasteiger partial charge in [0.05, 0.1) is 0 Å². The normalized spacial score (nSPS) is 12.1. The van der Waals surface area contributed by atoms with E-state index in [9.17, 15) is 4.79 Å². The average molecular weight is 222 g/mol. The van der Waals surface area contributed by atoms with Crippen molar-refractivity contribution in [1.29, 1.82) is 0 Å². The molecule has 1 atom stereocenters. The minimum Gasteiger partial charge on any atom is -0.484 e. The molecule has 1 rings (SSSR count). The summed E-state index contributed by atoms with van der Waals surface area (Å²) in [5.74, 6) is 0.200. The molecule has 88 valence electrons. The van der Waals surface area contributed by atoms with Gasteiger partial charge in [0.25, 0.3) is 5.91 Å². The number of amides is 1. The molecule has 0 fully saturated rings. The summed E-state index contributed by atoms with van der Waals surface area (Å²) in [5.41, 5.74) is 6.14. The van der Waals surface area contributed by atoms with Crippen molar-refractivity contribution in [2.45, 2.75) is 19.9 Å². The second-order valence-electron chi connectivity index (χ2n) is 3.61. The van der Waals surface area contributed by atoms with Gasteiger partial charge in [-0.05, 0) is 31.2 Å². The second-order valence-corrected chi connectivity index (χ2v) is 3.61. The predicted molar refractivity (Wildman–Crippen MR) is 63.2 cm³/mol. The minimum atomic E-state index is -0.467. The molecule has 1 aromatic carbocycles. The van der Waals surface area contributed by atoms with Crippen molar-refractivity contribution < 1.29 is 9.53 Å². The molecule has 0 aliphatic rings. The molecule has 0 aromatic heterocycles. The summed E-state index contributed by atoms with van der Waals surface area (Å²) in [5, 5.41) is 3.31. The first-order valence-corrected chi connectivity index (χ1v) is 5.38. The van der Waals surface area contributed by atoms with Gasteiger partial charge < -0.3 is 15.8 Å². The van der Waals surface area contributed by atoms with E-state index in [1.165, 1.54) is 0 Å². The Morgan fingerprint density at radius 3 is 2.94 bits per heavy atom. The highest BCUT2D eigenvalue weighted by atomic mass is 16.5. The Labute approximate surface area is 95.8 Å². The molecule has 0 bridgehead atoms. The van der Waals surface area contributed by atoms with Crippen molar-refractivity contribution in [2.24, 2.45) is 5.73 Å². The van der Waals surface area contributed by atoms with Crippen LogP contribution >= 0.6 is 0 Å². The highest BCUT2D eigenvalue weighted by Crippen LogP contribution is 2.18. The molecule has 4 nitrogen and oxygen atoms in total. The smallest absolute Gasteiger partial charge is 0.255 e. The molecule has 0 radical (unpaired) electrons. The Morgan fingerprint density at radius 1 is 1.56 bits per heavy atom. The highest BCUT2D eigenvalue weighted by Gasteiger charge is 2.05. The predicted octanol–water partition coefficient (Wildman–Crippen LogP) is 1.22. The lowest BCUT2D eigenvalue weighted by atomic mass is 10.1. The SMILES string of the molecule is CCNC(C)c1cccc(OCC(N)=O)c1. The third-order valence-corrected chi connectivity index (χ3v) is 2.25. The number of primary amides is 1. The van der Waals surface area contributed by atoms with Crippen molar-refractivity contribution in [1.82, 2.24) is 5.32 Å². The van der Waals surface area contributed by atoms with Gasteiger partial charge in [-0.3, -0.25) is 4.79 Å². The van der Waals surface area contributed by atoms with Gasteiger partial charge >= 0.3 is 0 Å². The van der Waals surface area contributed by atoms with Crippen molar-refractivity contribution in [2.75, 3.05) is 13.2 Å². The van der Waals surface area contributed by atoms with Crippen LogP contribution < -0.4 is 15.8 Å². The zero-order chi connectivity index (χ0) is 12.0. The molecule has 0 heterocycles. The van der Waals surface area contributed by atoms with E-state index < -0.39 is 5.91 Å². The zero-order valence-electron chi connectivity index (χ0n) is 9.69. The van der Waals surface area contributed by atoms with Gasteiger partial charge in [-0.15, -0.1) is 0 Å². The second kappa shape index (κ2) is 6.12. The molecule has 0 spiro atoms. The number of ether oxygens (including phenoxy) is 1. The molecule has 1 unspecified atom stereocenters. The lowest BCUT2D eigenvalue weighted by Crippen LogP contribution is -2.20. The summed E-state index contributed by atoms with van der Waals surface area (Å²) in [6.07, 6.45) is 0. The van der Waals surface area contributed by atoms with Crippen LogP contribution in [0.4, 0.5) is 0 Å². The van der Waals surface area contributed by atoms with Crippen molar-refractivity contribution in [3.05, 3.63) is 29.8 Å². The summed E-state index contributed by atoms with van der Waals surface area (Å²) >= 11 is 0. The minimum absolute atomic E-state index is 0.0843. The van der Waals surface area contributed by atoms with Gasteiger partial charge in [0.15, 0.2) is 6.61 Å². The Balaban J connectivity index is 2.66. The van der Waals surface area contributed by atoms with E-state index in [1.807, 2.05) is 24.3 Å². The van der Waals surface area contributed by atoms with E-state index in [1.54, 1.807) is 0 Å². The first kappa shape index (κ1) is 12.5. The Bertz CT molecular complexity index is 353. The number of benzene rings is 1. The molecule has 16 heavy (non-hydrogen) atoms. The summed E-state index contributed by atoms with van der Waals surface area (Å²) in [6.45, 7) is 4.97. The van der Waals surface area contributed by atoms with E-state index in [0.717, 1.165) is 12.1 Å². The summed E-state index contributed by atoms with van der Waals surface area (Å²) < 4.78 is 5.23. The fraction of sp³-hybridized carbons (Fsp3) is 0.417. The molecule has 4 heteroatoms. The summed E-state index contributed by atoms with van der Waals surface area (Å²) in [4.78, 5) is 10.6. The van der Waals surface area contributed by atoms with Gasteiger partial charge in [-0.1, -0.05) is 19.1 Å². The third-order valence-electron chi connectivity index (χ3n) is 2.25. The van der Waals surface area contributed by atoms with E-state index in [0.29, 0.717) is 5.75 Å². The maximum absolute atomic E-state index is 10.6. The van der Waals surface area contributed by atoms with Crippen LogP contribution in [0.25, 0.3) is 0 Å². The van der Waals surface area contributed by atoms with Crippen LogP contribution in [-0.2, 0) is 4.79 Å². The van der Waals surface area contributed by atoms with E-state index >= 15 is 0 Å². The van der Waals surface area contributed by atoms with Gasteiger partial charge in [-0.2, -0.15) is 0 Å². The first-order chi connectivity index (χ1) is 7.63. The van der Waals surface area contributed by atoms with E-state index in [2.05, 4.69) is 19.2 Å². The number of rotatable bonds is 6. The molecule has 1 amide bonds. The summed E-state index contributed by atoms with van der Waals surface area (Å²) in [7, 11) is 0. The van der Waals surface area contributed by atoms with Crippen LogP contribution in [0.15, 0.2) is 24.3 Å². The van der Waals surface area contributed by atoms with Crippen LogP contribution in [0.5, 0.6) is 5.75 Å². The van der Waals surface area contributed by atoms with Crippen LogP contribution in [0.3, 0.4) is 0 Å². The molecule has 1 aromatic rings. The van der Waals surface area contributed by atoms with E-state index in [4.69, 9.17) is 10.5 Å². The van der Waals surface area contributed by atoms with Gasteiger partial charge in [0.2, 0.25) is 0 Å². The highest BCUT2D eigenvalue weighted by molar-refractivity contribution is 5.75. The number of carbonyl (C=O) groups excluding carboxylic acids is 1. The summed E-state index contributed by atoms with van der Waals surface area (Å²) in [6, 6.07) is 7.91. The number of hydrogen-bond donors (Lipinski definition) is 2. The van der Waals surface area contributed by atoms with Crippen LogP contribution in [0.1, 0.15) is 25.5 Å². The first-order valence-electron chi connectivity index (χ1n) is 5.38. The molecule has 0 aliphatic carbocycles.